The van der Waals surface area contributed by atoms with Gasteiger partial charge in [-0.15, -0.1) is 0 Å². The maximum atomic E-state index is 13.5. The molecule has 1 heterocycles. The molecule has 23 heavy (non-hydrogen) atoms. The molecule has 10 heteroatoms. The van der Waals surface area contributed by atoms with Crippen LogP contribution in [0.15, 0.2) is 12.1 Å². The molecule has 5 nitrogen and oxygen atoms in total. The summed E-state index contributed by atoms with van der Waals surface area (Å²) >= 11 is 0. The Bertz CT molecular complexity index is 637. The third kappa shape index (κ3) is 2.67. The number of rotatable bonds is 3. The fraction of sp³-hybridized carbons (Fsp3) is 0.462. The number of phenols is 1. The van der Waals surface area contributed by atoms with Crippen LogP contribution in [0.4, 0.5) is 27.6 Å². The van der Waals surface area contributed by atoms with Crippen molar-refractivity contribution in [3.05, 3.63) is 23.8 Å². The van der Waals surface area contributed by atoms with Crippen molar-refractivity contribution in [3.8, 4) is 5.75 Å². The number of carbonyl (C=O) groups is 1. The van der Waals surface area contributed by atoms with Gasteiger partial charge in [0, 0.05) is 13.5 Å². The normalized spacial score (nSPS) is 25.0. The quantitative estimate of drug-likeness (QED) is 0.821. The number of nitrogens with zero attached hydrogens (tertiary/aromatic N) is 1. The number of primary amides is 1. The van der Waals surface area contributed by atoms with Crippen molar-refractivity contribution in [1.29, 1.82) is 0 Å². The van der Waals surface area contributed by atoms with Crippen molar-refractivity contribution in [2.75, 3.05) is 18.6 Å². The monoisotopic (exact) mass is 340 g/mol. The zero-order chi connectivity index (χ0) is 17.6. The summed E-state index contributed by atoms with van der Waals surface area (Å²) < 4.78 is 70.9. The number of aromatic hydroxyl groups is 1. The highest BCUT2D eigenvalue weighted by molar-refractivity contribution is 5.85. The van der Waals surface area contributed by atoms with Crippen LogP contribution in [0.25, 0.3) is 0 Å². The van der Waals surface area contributed by atoms with Gasteiger partial charge in [-0.25, -0.2) is 4.39 Å². The molecule has 1 fully saturated rings. The maximum absolute atomic E-state index is 13.5. The van der Waals surface area contributed by atoms with Gasteiger partial charge in [-0.3, -0.25) is 4.79 Å². The Kier molecular flexibility index (Phi) is 4.14. The number of carbonyl (C=O) groups excluding carboxylic acids is 1. The van der Waals surface area contributed by atoms with Crippen LogP contribution in [0.3, 0.4) is 0 Å². The number of nitrogens with two attached hydrogens (primary N) is 1. The molecule has 0 spiro atoms. The van der Waals surface area contributed by atoms with Crippen molar-refractivity contribution in [3.63, 3.8) is 0 Å². The molecule has 1 aliphatic heterocycles. The lowest BCUT2D eigenvalue weighted by molar-refractivity contribution is -0.261. The van der Waals surface area contributed by atoms with Gasteiger partial charge in [-0.1, -0.05) is 0 Å². The van der Waals surface area contributed by atoms with Gasteiger partial charge < -0.3 is 20.5 Å². The highest BCUT2D eigenvalue weighted by atomic mass is 19.4. The van der Waals surface area contributed by atoms with Gasteiger partial charge in [0.2, 0.25) is 11.7 Å². The first kappa shape index (κ1) is 17.3. The van der Waals surface area contributed by atoms with E-state index in [2.05, 4.69) is 4.74 Å². The Morgan fingerprint density at radius 1 is 1.43 bits per heavy atom. The van der Waals surface area contributed by atoms with Gasteiger partial charge in [0.25, 0.3) is 0 Å². The predicted octanol–water partition coefficient (Wildman–Crippen LogP) is 1.68. The molecular weight excluding hydrogens is 327 g/mol. The minimum absolute atomic E-state index is 0.476. The highest BCUT2D eigenvalue weighted by Crippen LogP contribution is 2.46. The van der Waals surface area contributed by atoms with E-state index in [-0.39, 0.29) is 0 Å². The van der Waals surface area contributed by atoms with Crippen molar-refractivity contribution in [2.45, 2.75) is 24.2 Å². The summed E-state index contributed by atoms with van der Waals surface area (Å²) in [6, 6.07) is -0.0124. The summed E-state index contributed by atoms with van der Waals surface area (Å²) in [7, 11) is 0.820. The van der Waals surface area contributed by atoms with E-state index in [9.17, 15) is 31.9 Å². The molecule has 2 unspecified atom stereocenters. The summed E-state index contributed by atoms with van der Waals surface area (Å²) in [6.07, 6.45) is -5.67. The molecule has 0 aliphatic carbocycles. The molecule has 1 aliphatic rings. The van der Waals surface area contributed by atoms with E-state index in [1.807, 2.05) is 0 Å². The van der Waals surface area contributed by atoms with E-state index in [1.165, 1.54) is 0 Å². The zero-order valence-electron chi connectivity index (χ0n) is 11.8. The smallest absolute Gasteiger partial charge is 0.419 e. The van der Waals surface area contributed by atoms with E-state index >= 15 is 0 Å². The number of anilines is 1. The van der Waals surface area contributed by atoms with E-state index in [1.54, 1.807) is 0 Å². The Labute approximate surface area is 127 Å². The van der Waals surface area contributed by atoms with Crippen LogP contribution in [-0.4, -0.2) is 42.5 Å². The number of alkyl halides is 3. The third-order valence-corrected chi connectivity index (χ3v) is 3.92. The second-order valence-corrected chi connectivity index (χ2v) is 5.18. The van der Waals surface area contributed by atoms with Crippen molar-refractivity contribution in [1.82, 2.24) is 0 Å². The molecule has 0 aromatic heterocycles. The molecule has 0 saturated carbocycles. The largest absolute Gasteiger partial charge is 0.503 e. The van der Waals surface area contributed by atoms with Gasteiger partial charge in [0.05, 0.1) is 12.2 Å². The molecule has 2 atom stereocenters. The minimum atomic E-state index is -4.83. The van der Waals surface area contributed by atoms with Crippen molar-refractivity contribution in [2.24, 2.45) is 5.73 Å². The molecular formula is C13H13F5N2O3. The van der Waals surface area contributed by atoms with Crippen LogP contribution in [-0.2, 0) is 9.53 Å². The van der Waals surface area contributed by atoms with Crippen LogP contribution >= 0.6 is 0 Å². The summed E-state index contributed by atoms with van der Waals surface area (Å²) in [5, 5.41) is 9.65. The van der Waals surface area contributed by atoms with E-state index in [4.69, 9.17) is 5.73 Å². The van der Waals surface area contributed by atoms with Crippen LogP contribution < -0.4 is 10.6 Å². The number of amides is 1. The molecule has 0 radical (unpaired) electrons. The number of hydrogen-bond donors (Lipinski definition) is 2. The number of ether oxygens (including phenoxy) is 1. The lowest BCUT2D eigenvalue weighted by Gasteiger charge is -2.30. The van der Waals surface area contributed by atoms with Crippen LogP contribution in [0.1, 0.15) is 6.42 Å². The van der Waals surface area contributed by atoms with Gasteiger partial charge in [-0.05, 0) is 12.1 Å². The van der Waals surface area contributed by atoms with Crippen molar-refractivity contribution < 1.29 is 36.6 Å². The third-order valence-electron chi connectivity index (χ3n) is 3.92. The Balaban J connectivity index is 2.53. The Morgan fingerprint density at radius 2 is 2.04 bits per heavy atom. The molecule has 1 aromatic rings. The van der Waals surface area contributed by atoms with Crippen LogP contribution in [0.5, 0.6) is 5.75 Å². The molecule has 2 rings (SSSR count). The van der Waals surface area contributed by atoms with Crippen LogP contribution in [0.2, 0.25) is 0 Å². The molecule has 1 amide bonds. The fourth-order valence-electron chi connectivity index (χ4n) is 2.61. The SMILES string of the molecule is COC1(C(F)(F)F)CC(C(N)=O)N(c2ccc(F)c(F)c2O)C1. The number of phenolic OH excluding ortho intramolecular Hbond substituents is 1. The topological polar surface area (TPSA) is 75.8 Å². The summed E-state index contributed by atoms with van der Waals surface area (Å²) in [6.45, 7) is -0.904. The summed E-state index contributed by atoms with van der Waals surface area (Å²) in [4.78, 5) is 12.2. The molecule has 1 saturated heterocycles. The number of benzene rings is 1. The van der Waals surface area contributed by atoms with Crippen molar-refractivity contribution >= 4 is 11.6 Å². The molecule has 1 aromatic carbocycles. The average molecular weight is 340 g/mol. The van der Waals surface area contributed by atoms with E-state index < -0.39 is 59.8 Å². The molecule has 128 valence electrons. The zero-order valence-corrected chi connectivity index (χ0v) is 11.8. The molecule has 0 bridgehead atoms. The Hall–Kier alpha value is -2.10. The number of halogens is 5. The average Bonchev–Trinajstić information content (AvgIpc) is 2.86. The lowest BCUT2D eigenvalue weighted by Crippen LogP contribution is -2.49. The number of methoxy groups -OCH3 is 1. The van der Waals surface area contributed by atoms with E-state index in [0.29, 0.717) is 6.07 Å². The van der Waals surface area contributed by atoms with Gasteiger partial charge in [-0.2, -0.15) is 17.6 Å². The first-order valence-electron chi connectivity index (χ1n) is 6.39. The standard InChI is InChI=1S/C13H13F5N2O3/c1-23-12(13(16,17)18)4-8(11(19)22)20(5-12)7-3-2-6(14)9(15)10(7)21/h2-3,8,21H,4-5H2,1H3,(H2,19,22). The fourth-order valence-corrected chi connectivity index (χ4v) is 2.61. The highest BCUT2D eigenvalue weighted by Gasteiger charge is 2.62. The van der Waals surface area contributed by atoms with Crippen LogP contribution in [0, 0.1) is 11.6 Å². The van der Waals surface area contributed by atoms with E-state index in [0.717, 1.165) is 18.1 Å². The Morgan fingerprint density at radius 3 is 2.52 bits per heavy atom. The first-order valence-corrected chi connectivity index (χ1v) is 6.39. The first-order chi connectivity index (χ1) is 10.5. The molecule has 3 N–H and O–H groups in total. The number of hydrogen-bond acceptors (Lipinski definition) is 4. The predicted molar refractivity (Wildman–Crippen MR) is 68.8 cm³/mol. The second kappa shape index (κ2) is 5.52. The maximum Gasteiger partial charge on any atom is 0.419 e. The van der Waals surface area contributed by atoms with Gasteiger partial charge in [0.1, 0.15) is 6.04 Å². The summed E-state index contributed by atoms with van der Waals surface area (Å²) in [5.74, 6) is -5.33. The van der Waals surface area contributed by atoms with Gasteiger partial charge >= 0.3 is 6.18 Å². The van der Waals surface area contributed by atoms with Gasteiger partial charge in [0.15, 0.2) is 17.2 Å². The summed E-state index contributed by atoms with van der Waals surface area (Å²) in [5.41, 5.74) is 1.92. The second-order valence-electron chi connectivity index (χ2n) is 5.18. The lowest BCUT2D eigenvalue weighted by atomic mass is 9.99. The minimum Gasteiger partial charge on any atom is -0.503 e.